The molecule has 82 valence electrons. The van der Waals surface area contributed by atoms with Crippen LogP contribution in [0.5, 0.6) is 0 Å². The van der Waals surface area contributed by atoms with Crippen LogP contribution >= 0.6 is 15.9 Å². The quantitative estimate of drug-likeness (QED) is 0.773. The summed E-state index contributed by atoms with van der Waals surface area (Å²) in [5, 5.41) is 18.4. The number of halogens is 1. The zero-order valence-corrected chi connectivity index (χ0v) is 9.73. The summed E-state index contributed by atoms with van der Waals surface area (Å²) in [4.78, 5) is 10.6. The molecular formula is C10H12BrNO3. The molecule has 0 aliphatic rings. The van der Waals surface area contributed by atoms with Crippen molar-refractivity contribution < 1.29 is 15.0 Å². The molecule has 0 bridgehead atoms. The normalized spacial score (nSPS) is 14.7. The van der Waals surface area contributed by atoms with Crippen molar-refractivity contribution in [2.45, 2.75) is 19.1 Å². The van der Waals surface area contributed by atoms with Gasteiger partial charge in [-0.25, -0.2) is 0 Å². The molecule has 0 radical (unpaired) electrons. The molecule has 4 nitrogen and oxygen atoms in total. The number of aliphatic hydroxyl groups is 1. The van der Waals surface area contributed by atoms with Gasteiger partial charge in [-0.05, 0) is 18.6 Å². The van der Waals surface area contributed by atoms with Gasteiger partial charge in [0.15, 0.2) is 0 Å². The Morgan fingerprint density at radius 3 is 2.67 bits per heavy atom. The van der Waals surface area contributed by atoms with Gasteiger partial charge in [0.2, 0.25) is 0 Å². The number of carbonyl (C=O) groups is 1. The molecule has 0 amide bonds. The monoisotopic (exact) mass is 273 g/mol. The highest BCUT2D eigenvalue weighted by Crippen LogP contribution is 2.26. The number of rotatable bonds is 3. The summed E-state index contributed by atoms with van der Waals surface area (Å²) in [6.07, 6.45) is -1.21. The highest BCUT2D eigenvalue weighted by molar-refractivity contribution is 9.10. The van der Waals surface area contributed by atoms with E-state index in [0.717, 1.165) is 5.56 Å². The van der Waals surface area contributed by atoms with Crippen LogP contribution in [-0.2, 0) is 4.79 Å². The lowest BCUT2D eigenvalue weighted by atomic mass is 10.0. The molecule has 1 rings (SSSR count). The van der Waals surface area contributed by atoms with E-state index in [9.17, 15) is 9.90 Å². The third-order valence-corrected chi connectivity index (χ3v) is 2.82. The van der Waals surface area contributed by atoms with Crippen LogP contribution < -0.4 is 5.73 Å². The molecule has 0 heterocycles. The fourth-order valence-electron chi connectivity index (χ4n) is 1.22. The predicted molar refractivity (Wildman–Crippen MR) is 59.5 cm³/mol. The Morgan fingerprint density at radius 2 is 2.13 bits per heavy atom. The van der Waals surface area contributed by atoms with E-state index in [1.165, 1.54) is 0 Å². The first-order valence-electron chi connectivity index (χ1n) is 4.36. The van der Waals surface area contributed by atoms with Crippen molar-refractivity contribution in [1.82, 2.24) is 0 Å². The summed E-state index contributed by atoms with van der Waals surface area (Å²) >= 11 is 3.24. The van der Waals surface area contributed by atoms with Gasteiger partial charge in [-0.1, -0.05) is 33.6 Å². The maximum atomic E-state index is 10.6. The maximum Gasteiger partial charge on any atom is 0.323 e. The lowest BCUT2D eigenvalue weighted by Gasteiger charge is -2.17. The number of aryl methyl sites for hydroxylation is 1. The van der Waals surface area contributed by atoms with E-state index < -0.39 is 18.1 Å². The van der Waals surface area contributed by atoms with Crippen molar-refractivity contribution in [2.75, 3.05) is 0 Å². The molecule has 1 aromatic carbocycles. The highest BCUT2D eigenvalue weighted by Gasteiger charge is 2.25. The van der Waals surface area contributed by atoms with Crippen LogP contribution in [0.1, 0.15) is 17.2 Å². The topological polar surface area (TPSA) is 83.5 Å². The smallest absolute Gasteiger partial charge is 0.323 e. The molecule has 0 aromatic heterocycles. The van der Waals surface area contributed by atoms with E-state index in [0.29, 0.717) is 10.0 Å². The van der Waals surface area contributed by atoms with Gasteiger partial charge in [0.1, 0.15) is 12.1 Å². The minimum absolute atomic E-state index is 0.491. The molecule has 0 saturated heterocycles. The van der Waals surface area contributed by atoms with Crippen LogP contribution in [0.4, 0.5) is 0 Å². The Morgan fingerprint density at radius 1 is 1.53 bits per heavy atom. The van der Waals surface area contributed by atoms with Gasteiger partial charge in [0, 0.05) is 4.47 Å². The Balaban J connectivity index is 3.04. The lowest BCUT2D eigenvalue weighted by Crippen LogP contribution is -2.36. The summed E-state index contributed by atoms with van der Waals surface area (Å²) in [7, 11) is 0. The number of aliphatic hydroxyl groups excluding tert-OH is 1. The number of nitrogens with two attached hydrogens (primary N) is 1. The fraction of sp³-hybridized carbons (Fsp3) is 0.300. The van der Waals surface area contributed by atoms with Crippen molar-refractivity contribution in [3.63, 3.8) is 0 Å². The molecule has 0 spiro atoms. The van der Waals surface area contributed by atoms with Crippen LogP contribution in [0.15, 0.2) is 22.7 Å². The summed E-state index contributed by atoms with van der Waals surface area (Å²) < 4.78 is 0.650. The SMILES string of the molecule is Cc1ccc(Br)c(C(O)C(N)C(=O)O)c1. The van der Waals surface area contributed by atoms with Gasteiger partial charge >= 0.3 is 5.97 Å². The van der Waals surface area contributed by atoms with Crippen molar-refractivity contribution in [3.05, 3.63) is 33.8 Å². The third-order valence-electron chi connectivity index (χ3n) is 2.10. The van der Waals surface area contributed by atoms with Crippen LogP contribution in [-0.4, -0.2) is 22.2 Å². The first kappa shape index (κ1) is 12.2. The minimum Gasteiger partial charge on any atom is -0.480 e. The van der Waals surface area contributed by atoms with E-state index >= 15 is 0 Å². The standard InChI is InChI=1S/C10H12BrNO3/c1-5-2-3-7(11)6(4-5)9(13)8(12)10(14)15/h2-4,8-9,13H,12H2,1H3,(H,14,15). The van der Waals surface area contributed by atoms with Crippen molar-refractivity contribution in [1.29, 1.82) is 0 Å². The largest absolute Gasteiger partial charge is 0.480 e. The Labute approximate surface area is 95.8 Å². The summed E-state index contributed by atoms with van der Waals surface area (Å²) in [5.41, 5.74) is 6.77. The van der Waals surface area contributed by atoms with Gasteiger partial charge in [-0.3, -0.25) is 4.79 Å². The lowest BCUT2D eigenvalue weighted by molar-refractivity contribution is -0.141. The molecule has 0 aliphatic carbocycles. The summed E-state index contributed by atoms with van der Waals surface area (Å²) in [6, 6.07) is 4.00. The van der Waals surface area contributed by atoms with Crippen molar-refractivity contribution >= 4 is 21.9 Å². The second-order valence-corrected chi connectivity index (χ2v) is 4.19. The Kier molecular flexibility index (Phi) is 3.84. The Hall–Kier alpha value is -0.910. The number of benzene rings is 1. The van der Waals surface area contributed by atoms with Gasteiger partial charge < -0.3 is 15.9 Å². The van der Waals surface area contributed by atoms with Gasteiger partial charge in [-0.15, -0.1) is 0 Å². The second kappa shape index (κ2) is 4.74. The molecule has 0 saturated carbocycles. The zero-order valence-electron chi connectivity index (χ0n) is 8.14. The molecule has 0 aliphatic heterocycles. The van der Waals surface area contributed by atoms with E-state index in [1.54, 1.807) is 12.1 Å². The van der Waals surface area contributed by atoms with Crippen LogP contribution in [0.25, 0.3) is 0 Å². The fourth-order valence-corrected chi connectivity index (χ4v) is 1.70. The minimum atomic E-state index is -1.32. The summed E-state index contributed by atoms with van der Waals surface area (Å²) in [5.74, 6) is -1.23. The highest BCUT2D eigenvalue weighted by atomic mass is 79.9. The van der Waals surface area contributed by atoms with Crippen molar-refractivity contribution in [2.24, 2.45) is 5.73 Å². The average molecular weight is 274 g/mol. The second-order valence-electron chi connectivity index (χ2n) is 3.33. The number of hydrogen-bond donors (Lipinski definition) is 3. The van der Waals surface area contributed by atoms with Crippen LogP contribution in [0, 0.1) is 6.92 Å². The number of hydrogen-bond acceptors (Lipinski definition) is 3. The van der Waals surface area contributed by atoms with E-state index in [-0.39, 0.29) is 0 Å². The molecule has 1 aromatic rings. The first-order valence-corrected chi connectivity index (χ1v) is 5.15. The molecule has 0 fully saturated rings. The molecule has 4 N–H and O–H groups in total. The van der Waals surface area contributed by atoms with E-state index in [2.05, 4.69) is 15.9 Å². The van der Waals surface area contributed by atoms with Crippen LogP contribution in [0.2, 0.25) is 0 Å². The van der Waals surface area contributed by atoms with E-state index in [1.807, 2.05) is 13.0 Å². The third kappa shape index (κ3) is 2.77. The number of carboxylic acids is 1. The van der Waals surface area contributed by atoms with Gasteiger partial charge in [-0.2, -0.15) is 0 Å². The Bertz CT molecular complexity index is 381. The molecule has 2 unspecified atom stereocenters. The molecular weight excluding hydrogens is 262 g/mol. The average Bonchev–Trinajstić information content (AvgIpc) is 2.19. The van der Waals surface area contributed by atoms with Gasteiger partial charge in [0.05, 0.1) is 0 Å². The van der Waals surface area contributed by atoms with Gasteiger partial charge in [0.25, 0.3) is 0 Å². The predicted octanol–water partition coefficient (Wildman–Crippen LogP) is 1.20. The van der Waals surface area contributed by atoms with Crippen LogP contribution in [0.3, 0.4) is 0 Å². The first-order chi connectivity index (χ1) is 6.93. The zero-order chi connectivity index (χ0) is 11.6. The number of carboxylic acid groups (broad SMARTS) is 1. The summed E-state index contributed by atoms with van der Waals surface area (Å²) in [6.45, 7) is 1.86. The van der Waals surface area contributed by atoms with E-state index in [4.69, 9.17) is 10.8 Å². The number of aliphatic carboxylic acids is 1. The van der Waals surface area contributed by atoms with Crippen molar-refractivity contribution in [3.8, 4) is 0 Å². The molecule has 5 heteroatoms. The molecule has 2 atom stereocenters. The molecule has 15 heavy (non-hydrogen) atoms. The maximum absolute atomic E-state index is 10.6.